The second kappa shape index (κ2) is 13.1. The third-order valence-corrected chi connectivity index (χ3v) is 7.66. The number of nitrogens with zero attached hydrogens (tertiary/aromatic N) is 4. The minimum atomic E-state index is -0.0836. The standard InChI is InChI=1S/C30H38ClN5O2/c1-21-19-28(31)34-23(3)29(21)30(37)33-16-12-22(2)35-17-13-26(14-18-35)36(20-24-7-5-6-15-32-24)25-8-10-27(38-4)11-9-25/h5-11,15,19,22,26H,12-14,16-18,20H2,1-4H3,(H,33,37). The highest BCUT2D eigenvalue weighted by Crippen LogP contribution is 2.28. The lowest BCUT2D eigenvalue weighted by atomic mass is 9.99. The molecule has 1 atom stereocenters. The normalized spacial score (nSPS) is 15.2. The maximum absolute atomic E-state index is 12.8. The van der Waals surface area contributed by atoms with Crippen molar-refractivity contribution in [2.24, 2.45) is 0 Å². The van der Waals surface area contributed by atoms with Gasteiger partial charge in [-0.3, -0.25) is 9.78 Å². The molecule has 0 aliphatic carbocycles. The summed E-state index contributed by atoms with van der Waals surface area (Å²) in [7, 11) is 1.69. The molecule has 3 heterocycles. The molecule has 0 bridgehead atoms. The van der Waals surface area contributed by atoms with E-state index in [1.54, 1.807) is 13.2 Å². The largest absolute Gasteiger partial charge is 0.497 e. The third-order valence-electron chi connectivity index (χ3n) is 7.47. The molecule has 38 heavy (non-hydrogen) atoms. The fourth-order valence-corrected chi connectivity index (χ4v) is 5.59. The number of aryl methyl sites for hydroxylation is 2. The van der Waals surface area contributed by atoms with Crippen LogP contribution in [0.2, 0.25) is 5.15 Å². The zero-order chi connectivity index (χ0) is 27.1. The number of carbonyl (C=O) groups is 1. The van der Waals surface area contributed by atoms with Crippen LogP contribution in [0.25, 0.3) is 0 Å². The van der Waals surface area contributed by atoms with E-state index in [0.717, 1.165) is 55.9 Å². The van der Waals surface area contributed by atoms with Crippen molar-refractivity contribution in [3.63, 3.8) is 0 Å². The molecule has 1 aliphatic rings. The van der Waals surface area contributed by atoms with Crippen LogP contribution in [0.3, 0.4) is 0 Å². The van der Waals surface area contributed by atoms with E-state index in [1.165, 1.54) is 5.69 Å². The number of rotatable bonds is 10. The van der Waals surface area contributed by atoms with Gasteiger partial charge >= 0.3 is 0 Å². The molecule has 1 unspecified atom stereocenters. The van der Waals surface area contributed by atoms with Crippen molar-refractivity contribution in [1.82, 2.24) is 20.2 Å². The van der Waals surface area contributed by atoms with Crippen molar-refractivity contribution < 1.29 is 9.53 Å². The molecule has 0 saturated carbocycles. The molecule has 1 aliphatic heterocycles. The van der Waals surface area contributed by atoms with Gasteiger partial charge in [-0.1, -0.05) is 17.7 Å². The van der Waals surface area contributed by atoms with Gasteiger partial charge in [-0.15, -0.1) is 0 Å². The van der Waals surface area contributed by atoms with E-state index in [1.807, 2.05) is 44.3 Å². The highest BCUT2D eigenvalue weighted by molar-refractivity contribution is 6.29. The first kappa shape index (κ1) is 27.9. The number of piperidine rings is 1. The Morgan fingerprint density at radius 2 is 1.92 bits per heavy atom. The number of anilines is 1. The van der Waals surface area contributed by atoms with Gasteiger partial charge in [0.05, 0.1) is 30.6 Å². The highest BCUT2D eigenvalue weighted by Gasteiger charge is 2.27. The SMILES string of the molecule is COc1ccc(N(Cc2ccccn2)C2CCN(C(C)CCNC(=O)c3c(C)cc(Cl)nc3C)CC2)cc1. The number of halogens is 1. The smallest absolute Gasteiger partial charge is 0.253 e. The summed E-state index contributed by atoms with van der Waals surface area (Å²) in [5.74, 6) is 0.777. The average Bonchev–Trinajstić information content (AvgIpc) is 2.92. The van der Waals surface area contributed by atoms with Gasteiger partial charge in [-0.25, -0.2) is 4.98 Å². The van der Waals surface area contributed by atoms with Crippen LogP contribution < -0.4 is 15.0 Å². The van der Waals surface area contributed by atoms with Crippen LogP contribution in [-0.2, 0) is 6.54 Å². The molecule has 3 aromatic rings. The summed E-state index contributed by atoms with van der Waals surface area (Å²) < 4.78 is 5.37. The van der Waals surface area contributed by atoms with Gasteiger partial charge in [0.25, 0.3) is 5.91 Å². The van der Waals surface area contributed by atoms with Crippen LogP contribution in [0.5, 0.6) is 5.75 Å². The summed E-state index contributed by atoms with van der Waals surface area (Å²) in [4.78, 5) is 26.6. The van der Waals surface area contributed by atoms with Crippen molar-refractivity contribution in [3.8, 4) is 5.75 Å². The van der Waals surface area contributed by atoms with Crippen molar-refractivity contribution >= 4 is 23.2 Å². The van der Waals surface area contributed by atoms with E-state index in [0.29, 0.717) is 35.0 Å². The molecule has 8 heteroatoms. The number of hydrogen-bond acceptors (Lipinski definition) is 6. The minimum Gasteiger partial charge on any atom is -0.497 e. The number of likely N-dealkylation sites (tertiary alicyclic amines) is 1. The van der Waals surface area contributed by atoms with Crippen LogP contribution in [0, 0.1) is 13.8 Å². The predicted octanol–water partition coefficient (Wildman–Crippen LogP) is 5.44. The van der Waals surface area contributed by atoms with Crippen LogP contribution >= 0.6 is 11.6 Å². The third kappa shape index (κ3) is 7.03. The number of aromatic nitrogens is 2. The molecule has 0 spiro atoms. The van der Waals surface area contributed by atoms with Gasteiger partial charge in [0.2, 0.25) is 0 Å². The maximum atomic E-state index is 12.8. The molecule has 0 radical (unpaired) electrons. The molecule has 1 N–H and O–H groups in total. The van der Waals surface area contributed by atoms with E-state index in [-0.39, 0.29) is 5.91 Å². The first-order chi connectivity index (χ1) is 18.4. The van der Waals surface area contributed by atoms with Crippen molar-refractivity contribution in [2.75, 3.05) is 31.6 Å². The number of methoxy groups -OCH3 is 1. The summed E-state index contributed by atoms with van der Waals surface area (Å²) in [6.45, 7) is 9.41. The number of amides is 1. The van der Waals surface area contributed by atoms with E-state index < -0.39 is 0 Å². The molecule has 202 valence electrons. The maximum Gasteiger partial charge on any atom is 0.253 e. The highest BCUT2D eigenvalue weighted by atomic mass is 35.5. The van der Waals surface area contributed by atoms with Crippen molar-refractivity contribution in [2.45, 2.75) is 58.7 Å². The topological polar surface area (TPSA) is 70.6 Å². The summed E-state index contributed by atoms with van der Waals surface area (Å²) in [5.41, 5.74) is 4.38. The minimum absolute atomic E-state index is 0.0836. The summed E-state index contributed by atoms with van der Waals surface area (Å²) in [5, 5.41) is 3.50. The average molecular weight is 536 g/mol. The van der Waals surface area contributed by atoms with Gasteiger partial charge in [0, 0.05) is 43.6 Å². The summed E-state index contributed by atoms with van der Waals surface area (Å²) in [6.07, 6.45) is 4.90. The zero-order valence-electron chi connectivity index (χ0n) is 22.8. The van der Waals surface area contributed by atoms with Crippen LogP contribution in [-0.4, -0.2) is 59.6 Å². The van der Waals surface area contributed by atoms with E-state index in [9.17, 15) is 4.79 Å². The fraction of sp³-hybridized carbons (Fsp3) is 0.433. The van der Waals surface area contributed by atoms with Gasteiger partial charge < -0.3 is 19.9 Å². The second-order valence-corrected chi connectivity index (χ2v) is 10.4. The molecule has 4 rings (SSSR count). The number of ether oxygens (including phenoxy) is 1. The second-order valence-electron chi connectivity index (χ2n) is 10.0. The van der Waals surface area contributed by atoms with Gasteiger partial charge in [-0.2, -0.15) is 0 Å². The molecular weight excluding hydrogens is 498 g/mol. The Kier molecular flexibility index (Phi) is 9.58. The fourth-order valence-electron chi connectivity index (χ4n) is 5.30. The number of carbonyl (C=O) groups excluding carboxylic acids is 1. The van der Waals surface area contributed by atoms with Gasteiger partial charge in [-0.05, 0) is 88.1 Å². The molecular formula is C30H38ClN5O2. The molecule has 1 fully saturated rings. The van der Waals surface area contributed by atoms with Crippen LogP contribution in [0.15, 0.2) is 54.7 Å². The Morgan fingerprint density at radius 3 is 2.55 bits per heavy atom. The Morgan fingerprint density at radius 1 is 1.18 bits per heavy atom. The van der Waals surface area contributed by atoms with E-state index in [2.05, 4.69) is 50.2 Å². The number of nitrogens with one attached hydrogen (secondary N) is 1. The van der Waals surface area contributed by atoms with Crippen molar-refractivity contribution in [1.29, 1.82) is 0 Å². The monoisotopic (exact) mass is 535 g/mol. The number of benzene rings is 1. The van der Waals surface area contributed by atoms with Crippen LogP contribution in [0.4, 0.5) is 5.69 Å². The Bertz CT molecular complexity index is 1170. The Hall–Kier alpha value is -3.16. The lowest BCUT2D eigenvalue weighted by molar-refractivity contribution is 0.0943. The first-order valence-corrected chi connectivity index (χ1v) is 13.7. The molecule has 7 nitrogen and oxygen atoms in total. The number of hydrogen-bond donors (Lipinski definition) is 1. The van der Waals surface area contributed by atoms with Gasteiger partial charge in [0.1, 0.15) is 10.9 Å². The van der Waals surface area contributed by atoms with Gasteiger partial charge in [0.15, 0.2) is 0 Å². The molecule has 1 aromatic carbocycles. The first-order valence-electron chi connectivity index (χ1n) is 13.3. The van der Waals surface area contributed by atoms with Crippen LogP contribution in [0.1, 0.15) is 53.5 Å². The predicted molar refractivity (Wildman–Crippen MR) is 153 cm³/mol. The molecule has 1 saturated heterocycles. The molecule has 1 amide bonds. The lowest BCUT2D eigenvalue weighted by Crippen LogP contribution is -2.48. The van der Waals surface area contributed by atoms with E-state index in [4.69, 9.17) is 16.3 Å². The lowest BCUT2D eigenvalue weighted by Gasteiger charge is -2.41. The van der Waals surface area contributed by atoms with E-state index >= 15 is 0 Å². The summed E-state index contributed by atoms with van der Waals surface area (Å²) in [6, 6.07) is 17.0. The number of pyridine rings is 2. The zero-order valence-corrected chi connectivity index (χ0v) is 23.5. The quantitative estimate of drug-likeness (QED) is 0.349. The Labute approximate surface area is 231 Å². The van der Waals surface area contributed by atoms with Crippen molar-refractivity contribution in [3.05, 3.63) is 82.4 Å². The molecule has 2 aromatic heterocycles. The Balaban J connectivity index is 1.32. The summed E-state index contributed by atoms with van der Waals surface area (Å²) >= 11 is 6.02.